The number of hydrogen-bond donors (Lipinski definition) is 0. The number of halogens is 1. The van der Waals surface area contributed by atoms with Crippen molar-refractivity contribution in [3.05, 3.63) is 44.3 Å². The molecule has 1 aromatic rings. The Balaban J connectivity index is 3.48. The number of pyridine rings is 1. The van der Waals surface area contributed by atoms with Crippen LogP contribution in [0, 0.1) is 25.2 Å². The first-order valence-corrected chi connectivity index (χ1v) is 5.21. The molecule has 0 N–H and O–H groups in total. The molecule has 0 amide bonds. The van der Waals surface area contributed by atoms with Crippen molar-refractivity contribution in [1.29, 1.82) is 5.26 Å². The molecule has 15 heavy (non-hydrogen) atoms. The van der Waals surface area contributed by atoms with Crippen molar-refractivity contribution in [1.82, 2.24) is 4.57 Å². The largest absolute Gasteiger partial charge is 0.307 e. The number of nitriles is 1. The zero-order valence-electron chi connectivity index (χ0n) is 8.67. The van der Waals surface area contributed by atoms with Crippen LogP contribution in [0.25, 0.3) is 0 Å². The van der Waals surface area contributed by atoms with E-state index in [0.29, 0.717) is 11.0 Å². The molecule has 1 rings (SSSR count). The monoisotopic (exact) mass is 266 g/mol. The van der Waals surface area contributed by atoms with Gasteiger partial charge in [0.1, 0.15) is 11.6 Å². The summed E-state index contributed by atoms with van der Waals surface area (Å²) in [5.41, 5.74) is 1.50. The third kappa shape index (κ3) is 2.37. The highest BCUT2D eigenvalue weighted by Crippen LogP contribution is 2.09. The molecule has 0 aliphatic carbocycles. The minimum Gasteiger partial charge on any atom is -0.307 e. The lowest BCUT2D eigenvalue weighted by atomic mass is 10.1. The van der Waals surface area contributed by atoms with Gasteiger partial charge in [-0.05, 0) is 25.5 Å². The number of aryl methyl sites for hydroxylation is 2. The molecule has 1 heterocycles. The van der Waals surface area contributed by atoms with Crippen molar-refractivity contribution < 1.29 is 0 Å². The summed E-state index contributed by atoms with van der Waals surface area (Å²) in [6.07, 6.45) is 0. The van der Waals surface area contributed by atoms with E-state index in [1.54, 1.807) is 6.92 Å². The Morgan fingerprint density at radius 2 is 2.27 bits per heavy atom. The molecular weight excluding hydrogens is 256 g/mol. The Kier molecular flexibility index (Phi) is 3.48. The van der Waals surface area contributed by atoms with E-state index in [-0.39, 0.29) is 11.1 Å². The molecule has 1 aromatic heterocycles. The highest BCUT2D eigenvalue weighted by atomic mass is 79.9. The minimum atomic E-state index is -0.254. The maximum Gasteiger partial charge on any atom is 0.269 e. The second-order valence-corrected chi connectivity index (χ2v) is 4.49. The number of aromatic nitrogens is 1. The summed E-state index contributed by atoms with van der Waals surface area (Å²) in [7, 11) is 0. The highest BCUT2D eigenvalue weighted by Gasteiger charge is 2.09. The number of nitrogens with zero attached hydrogens (tertiary/aromatic N) is 2. The van der Waals surface area contributed by atoms with Crippen molar-refractivity contribution in [2.75, 3.05) is 0 Å². The van der Waals surface area contributed by atoms with E-state index in [1.165, 1.54) is 4.57 Å². The Morgan fingerprint density at radius 1 is 1.67 bits per heavy atom. The van der Waals surface area contributed by atoms with Gasteiger partial charge in [0.05, 0.1) is 6.54 Å². The first kappa shape index (κ1) is 11.7. The van der Waals surface area contributed by atoms with Gasteiger partial charge in [-0.1, -0.05) is 22.5 Å². The summed E-state index contributed by atoms with van der Waals surface area (Å²) in [4.78, 5) is 11.9. The lowest BCUT2D eigenvalue weighted by Gasteiger charge is -2.10. The van der Waals surface area contributed by atoms with Gasteiger partial charge in [0.15, 0.2) is 0 Å². The van der Waals surface area contributed by atoms with Gasteiger partial charge in [0.2, 0.25) is 0 Å². The van der Waals surface area contributed by atoms with Crippen molar-refractivity contribution in [2.45, 2.75) is 20.4 Å². The fraction of sp³-hybridized carbons (Fsp3) is 0.273. The molecule has 0 saturated heterocycles. The van der Waals surface area contributed by atoms with E-state index in [4.69, 9.17) is 5.26 Å². The predicted molar refractivity (Wildman–Crippen MR) is 63.0 cm³/mol. The molecule has 4 heteroatoms. The van der Waals surface area contributed by atoms with Gasteiger partial charge in [-0.2, -0.15) is 5.26 Å². The van der Waals surface area contributed by atoms with Crippen LogP contribution in [0.4, 0.5) is 0 Å². The maximum atomic E-state index is 11.9. The van der Waals surface area contributed by atoms with Crippen LogP contribution in [-0.4, -0.2) is 4.57 Å². The van der Waals surface area contributed by atoms with Crippen LogP contribution in [0.3, 0.4) is 0 Å². The summed E-state index contributed by atoms with van der Waals surface area (Å²) in [6, 6.07) is 3.76. The Labute approximate surface area is 96.8 Å². The van der Waals surface area contributed by atoms with Crippen LogP contribution in [0.5, 0.6) is 0 Å². The number of allylic oxidation sites excluding steroid dienone is 1. The Hall–Kier alpha value is -1.34. The molecule has 0 aliphatic rings. The second-order valence-electron chi connectivity index (χ2n) is 3.36. The van der Waals surface area contributed by atoms with Gasteiger partial charge in [-0.3, -0.25) is 4.79 Å². The molecule has 0 radical (unpaired) electrons. The van der Waals surface area contributed by atoms with Crippen molar-refractivity contribution in [3.8, 4) is 6.07 Å². The minimum absolute atomic E-state index is 0.203. The quantitative estimate of drug-likeness (QED) is 0.824. The molecule has 0 saturated carbocycles. The Bertz CT molecular complexity index is 509. The maximum absolute atomic E-state index is 11.9. The van der Waals surface area contributed by atoms with E-state index >= 15 is 0 Å². The van der Waals surface area contributed by atoms with E-state index in [9.17, 15) is 4.79 Å². The van der Waals surface area contributed by atoms with Crippen molar-refractivity contribution in [3.63, 3.8) is 0 Å². The molecule has 0 aromatic carbocycles. The molecule has 0 fully saturated rings. The van der Waals surface area contributed by atoms with E-state index < -0.39 is 0 Å². The first-order valence-electron chi connectivity index (χ1n) is 4.41. The lowest BCUT2D eigenvalue weighted by Crippen LogP contribution is -2.25. The van der Waals surface area contributed by atoms with Gasteiger partial charge >= 0.3 is 0 Å². The molecule has 78 valence electrons. The van der Waals surface area contributed by atoms with Crippen LogP contribution in [0.1, 0.15) is 16.8 Å². The van der Waals surface area contributed by atoms with Crippen LogP contribution in [0.15, 0.2) is 21.9 Å². The normalized spacial score (nSPS) is 9.73. The van der Waals surface area contributed by atoms with E-state index in [2.05, 4.69) is 22.5 Å². The molecule has 0 aliphatic heterocycles. The van der Waals surface area contributed by atoms with Crippen molar-refractivity contribution >= 4 is 15.9 Å². The van der Waals surface area contributed by atoms with Crippen molar-refractivity contribution in [2.24, 2.45) is 0 Å². The van der Waals surface area contributed by atoms with Crippen LogP contribution in [-0.2, 0) is 6.54 Å². The molecule has 0 bridgehead atoms. The summed E-state index contributed by atoms with van der Waals surface area (Å²) in [5, 5.41) is 8.85. The molecule has 3 nitrogen and oxygen atoms in total. The zero-order valence-corrected chi connectivity index (χ0v) is 10.3. The summed E-state index contributed by atoms with van der Waals surface area (Å²) < 4.78 is 2.24. The summed E-state index contributed by atoms with van der Waals surface area (Å²) in [6.45, 7) is 7.68. The van der Waals surface area contributed by atoms with Gasteiger partial charge in [-0.25, -0.2) is 0 Å². The molecule has 0 atom stereocenters. The Morgan fingerprint density at radius 3 is 2.73 bits per heavy atom. The van der Waals surface area contributed by atoms with Gasteiger partial charge in [0, 0.05) is 10.2 Å². The fourth-order valence-electron chi connectivity index (χ4n) is 1.43. The predicted octanol–water partition coefficient (Wildman–Crippen LogP) is 2.25. The van der Waals surface area contributed by atoms with Gasteiger partial charge in [0.25, 0.3) is 5.56 Å². The molecule has 0 unspecified atom stereocenters. The lowest BCUT2D eigenvalue weighted by molar-refractivity contribution is 0.737. The fourth-order valence-corrected chi connectivity index (χ4v) is 1.68. The number of rotatable bonds is 2. The average Bonchev–Trinajstić information content (AvgIpc) is 2.12. The standard InChI is InChI=1S/C11H11BrN2O/c1-7-4-9(3)14(6-8(2)12)11(15)10(7)5-13/h4H,2,6H2,1,3H3. The smallest absolute Gasteiger partial charge is 0.269 e. The summed E-state index contributed by atoms with van der Waals surface area (Å²) in [5.74, 6) is 0. The third-order valence-corrected chi connectivity index (χ3v) is 2.40. The van der Waals surface area contributed by atoms with E-state index in [1.807, 2.05) is 19.1 Å². The third-order valence-electron chi connectivity index (χ3n) is 2.15. The van der Waals surface area contributed by atoms with E-state index in [0.717, 1.165) is 11.3 Å². The topological polar surface area (TPSA) is 45.8 Å². The SMILES string of the molecule is C=C(Br)Cn1c(C)cc(C)c(C#N)c1=O. The number of hydrogen-bond acceptors (Lipinski definition) is 2. The summed E-state index contributed by atoms with van der Waals surface area (Å²) >= 11 is 3.21. The average molecular weight is 267 g/mol. The highest BCUT2D eigenvalue weighted by molar-refractivity contribution is 9.11. The van der Waals surface area contributed by atoms with Crippen LogP contribution >= 0.6 is 15.9 Å². The van der Waals surface area contributed by atoms with Crippen LogP contribution < -0.4 is 5.56 Å². The molecule has 0 spiro atoms. The van der Waals surface area contributed by atoms with Gasteiger partial charge < -0.3 is 4.57 Å². The zero-order chi connectivity index (χ0) is 11.6. The van der Waals surface area contributed by atoms with Gasteiger partial charge in [-0.15, -0.1) is 0 Å². The molecular formula is C11H11BrN2O. The second kappa shape index (κ2) is 4.45. The first-order chi connectivity index (χ1) is 6.97. The van der Waals surface area contributed by atoms with Crippen LogP contribution in [0.2, 0.25) is 0 Å².